The van der Waals surface area contributed by atoms with E-state index in [-0.39, 0.29) is 36.6 Å². The Kier molecular flexibility index (Phi) is 5.48. The third-order valence-corrected chi connectivity index (χ3v) is 5.32. The van der Waals surface area contributed by atoms with Gasteiger partial charge >= 0.3 is 5.97 Å². The van der Waals surface area contributed by atoms with Gasteiger partial charge in [0.05, 0.1) is 19.1 Å². The Hall–Kier alpha value is -2.21. The van der Waals surface area contributed by atoms with Crippen molar-refractivity contribution in [2.45, 2.75) is 32.2 Å². The summed E-state index contributed by atoms with van der Waals surface area (Å²) < 4.78 is 18.2. The van der Waals surface area contributed by atoms with Gasteiger partial charge in [-0.25, -0.2) is 4.39 Å². The summed E-state index contributed by atoms with van der Waals surface area (Å²) in [7, 11) is 0. The molecule has 0 spiro atoms. The maximum atomic E-state index is 13.3. The number of fused-ring (bicyclic) bond motifs is 1. The number of hydrogen-bond acceptors (Lipinski definition) is 4. The predicted molar refractivity (Wildman–Crippen MR) is 93.8 cm³/mol. The SMILES string of the molecule is CCOC(=O)CCC(=O)N1CCc2sccc2[C@@H]1c1ccc(F)cc1. The third kappa shape index (κ3) is 3.90. The quantitative estimate of drug-likeness (QED) is 0.763. The lowest BCUT2D eigenvalue weighted by atomic mass is 9.93. The molecule has 1 amide bonds. The van der Waals surface area contributed by atoms with E-state index < -0.39 is 0 Å². The van der Waals surface area contributed by atoms with Crippen molar-refractivity contribution in [1.82, 2.24) is 4.90 Å². The number of carbonyl (C=O) groups excluding carboxylic acids is 2. The number of amides is 1. The van der Waals surface area contributed by atoms with Crippen LogP contribution < -0.4 is 0 Å². The van der Waals surface area contributed by atoms with Crippen LogP contribution in [0.1, 0.15) is 41.8 Å². The standard InChI is InChI=1S/C19H20FNO3S/c1-2-24-18(23)8-7-17(22)21-11-9-16-15(10-12-25-16)19(21)13-3-5-14(20)6-4-13/h3-6,10,12,19H,2,7-9,11H2,1H3/t19-/m0/s1. The van der Waals surface area contributed by atoms with Crippen molar-refractivity contribution in [2.75, 3.05) is 13.2 Å². The second kappa shape index (κ2) is 7.78. The smallest absolute Gasteiger partial charge is 0.306 e. The molecule has 0 unspecified atom stereocenters. The average molecular weight is 361 g/mol. The number of esters is 1. The zero-order valence-electron chi connectivity index (χ0n) is 14.0. The normalized spacial score (nSPS) is 16.4. The highest BCUT2D eigenvalue weighted by molar-refractivity contribution is 7.10. The monoisotopic (exact) mass is 361 g/mol. The number of carbonyl (C=O) groups is 2. The minimum absolute atomic E-state index is 0.0792. The number of thiophene rings is 1. The van der Waals surface area contributed by atoms with Gasteiger partial charge in [-0.2, -0.15) is 0 Å². The second-order valence-corrected chi connectivity index (χ2v) is 6.90. The average Bonchev–Trinajstić information content (AvgIpc) is 3.08. The fourth-order valence-electron chi connectivity index (χ4n) is 3.18. The summed E-state index contributed by atoms with van der Waals surface area (Å²) in [6.45, 7) is 2.65. The molecule has 25 heavy (non-hydrogen) atoms. The van der Waals surface area contributed by atoms with Crippen molar-refractivity contribution in [3.05, 3.63) is 57.5 Å². The minimum atomic E-state index is -0.359. The molecule has 0 N–H and O–H groups in total. The maximum Gasteiger partial charge on any atom is 0.306 e. The van der Waals surface area contributed by atoms with Crippen LogP contribution in [-0.4, -0.2) is 29.9 Å². The van der Waals surface area contributed by atoms with Gasteiger partial charge in [-0.05, 0) is 48.1 Å². The number of hydrogen-bond donors (Lipinski definition) is 0. The Bertz CT molecular complexity index is 756. The van der Waals surface area contributed by atoms with E-state index in [1.54, 1.807) is 35.3 Å². The molecule has 0 bridgehead atoms. The van der Waals surface area contributed by atoms with Crippen molar-refractivity contribution in [3.63, 3.8) is 0 Å². The molecule has 1 aromatic carbocycles. The molecule has 0 saturated carbocycles. The minimum Gasteiger partial charge on any atom is -0.466 e. The largest absolute Gasteiger partial charge is 0.466 e. The highest BCUT2D eigenvalue weighted by Crippen LogP contribution is 2.38. The van der Waals surface area contributed by atoms with Crippen LogP contribution >= 0.6 is 11.3 Å². The van der Waals surface area contributed by atoms with Gasteiger partial charge in [-0.1, -0.05) is 12.1 Å². The first-order valence-corrected chi connectivity index (χ1v) is 9.25. The zero-order chi connectivity index (χ0) is 17.8. The van der Waals surface area contributed by atoms with Crippen LogP contribution in [-0.2, 0) is 20.7 Å². The summed E-state index contributed by atoms with van der Waals surface area (Å²) in [5.74, 6) is -0.744. The van der Waals surface area contributed by atoms with E-state index in [1.165, 1.54) is 17.0 Å². The first kappa shape index (κ1) is 17.6. The van der Waals surface area contributed by atoms with Crippen LogP contribution in [0.3, 0.4) is 0 Å². The van der Waals surface area contributed by atoms with E-state index in [0.717, 1.165) is 17.5 Å². The van der Waals surface area contributed by atoms with Gasteiger partial charge in [-0.15, -0.1) is 11.3 Å². The summed E-state index contributed by atoms with van der Waals surface area (Å²) in [6, 6.07) is 8.06. The molecule has 1 aromatic heterocycles. The first-order chi connectivity index (χ1) is 12.1. The molecule has 4 nitrogen and oxygen atoms in total. The van der Waals surface area contributed by atoms with Crippen LogP contribution in [0.25, 0.3) is 0 Å². The molecule has 0 aliphatic carbocycles. The maximum absolute atomic E-state index is 13.3. The molecule has 3 rings (SSSR count). The molecule has 1 atom stereocenters. The molecule has 1 aliphatic rings. The van der Waals surface area contributed by atoms with E-state index in [4.69, 9.17) is 4.74 Å². The van der Waals surface area contributed by atoms with E-state index >= 15 is 0 Å². The lowest BCUT2D eigenvalue weighted by molar-refractivity contribution is -0.146. The second-order valence-electron chi connectivity index (χ2n) is 5.90. The van der Waals surface area contributed by atoms with Crippen LogP contribution in [0.5, 0.6) is 0 Å². The Morgan fingerprint density at radius 3 is 2.72 bits per heavy atom. The molecular formula is C19H20FNO3S. The van der Waals surface area contributed by atoms with Gasteiger partial charge < -0.3 is 9.64 Å². The van der Waals surface area contributed by atoms with Crippen molar-refractivity contribution < 1.29 is 18.7 Å². The predicted octanol–water partition coefficient (Wildman–Crippen LogP) is 3.70. The Balaban J connectivity index is 1.83. The van der Waals surface area contributed by atoms with Gasteiger partial charge in [0.2, 0.25) is 5.91 Å². The molecule has 2 heterocycles. The molecule has 6 heteroatoms. The number of rotatable bonds is 5. The number of ether oxygens (including phenoxy) is 1. The van der Waals surface area contributed by atoms with Crippen LogP contribution in [0, 0.1) is 5.82 Å². The molecule has 132 valence electrons. The molecule has 0 fully saturated rings. The van der Waals surface area contributed by atoms with Crippen LogP contribution in [0.4, 0.5) is 4.39 Å². The van der Waals surface area contributed by atoms with E-state index in [2.05, 4.69) is 0 Å². The van der Waals surface area contributed by atoms with Gasteiger partial charge in [-0.3, -0.25) is 9.59 Å². The summed E-state index contributed by atoms with van der Waals surface area (Å²) in [6.07, 6.45) is 1.00. The van der Waals surface area contributed by atoms with Gasteiger partial charge in [0.25, 0.3) is 0 Å². The Morgan fingerprint density at radius 1 is 1.24 bits per heavy atom. The van der Waals surface area contributed by atoms with Crippen molar-refractivity contribution in [2.24, 2.45) is 0 Å². The lowest BCUT2D eigenvalue weighted by Crippen LogP contribution is -2.40. The summed E-state index contributed by atoms with van der Waals surface area (Å²) in [4.78, 5) is 27.3. The zero-order valence-corrected chi connectivity index (χ0v) is 14.9. The van der Waals surface area contributed by atoms with Crippen LogP contribution in [0.2, 0.25) is 0 Å². The van der Waals surface area contributed by atoms with E-state index in [9.17, 15) is 14.0 Å². The summed E-state index contributed by atoms with van der Waals surface area (Å²) in [5.41, 5.74) is 1.97. The highest BCUT2D eigenvalue weighted by atomic mass is 32.1. The Labute approximate surface area is 150 Å². The van der Waals surface area contributed by atoms with Crippen LogP contribution in [0.15, 0.2) is 35.7 Å². The van der Waals surface area contributed by atoms with E-state index in [1.807, 2.05) is 11.4 Å². The number of nitrogens with zero attached hydrogens (tertiary/aromatic N) is 1. The van der Waals surface area contributed by atoms with Gasteiger partial charge in [0.15, 0.2) is 0 Å². The van der Waals surface area contributed by atoms with Crippen molar-refractivity contribution in [1.29, 1.82) is 0 Å². The molecule has 0 saturated heterocycles. The topological polar surface area (TPSA) is 46.6 Å². The third-order valence-electron chi connectivity index (χ3n) is 4.32. The van der Waals surface area contributed by atoms with Crippen molar-refractivity contribution in [3.8, 4) is 0 Å². The first-order valence-electron chi connectivity index (χ1n) is 8.37. The fourth-order valence-corrected chi connectivity index (χ4v) is 4.08. The molecule has 1 aliphatic heterocycles. The molecular weight excluding hydrogens is 341 g/mol. The molecule has 0 radical (unpaired) electrons. The lowest BCUT2D eigenvalue weighted by Gasteiger charge is -2.36. The fraction of sp³-hybridized carbons (Fsp3) is 0.368. The Morgan fingerprint density at radius 2 is 2.00 bits per heavy atom. The van der Waals surface area contributed by atoms with Gasteiger partial charge in [0, 0.05) is 17.8 Å². The van der Waals surface area contributed by atoms with Gasteiger partial charge in [0.1, 0.15) is 5.82 Å². The summed E-state index contributed by atoms with van der Waals surface area (Å²) >= 11 is 1.68. The number of benzene rings is 1. The van der Waals surface area contributed by atoms with Crippen molar-refractivity contribution >= 4 is 23.2 Å². The van der Waals surface area contributed by atoms with E-state index in [0.29, 0.717) is 13.2 Å². The summed E-state index contributed by atoms with van der Waals surface area (Å²) in [5, 5.41) is 2.02. The molecule has 2 aromatic rings. The highest BCUT2D eigenvalue weighted by Gasteiger charge is 2.32. The number of halogens is 1.